The molecule has 2 heterocycles. The number of carbonyl (C=O) groups excluding carboxylic acids is 2. The molecule has 0 saturated carbocycles. The summed E-state index contributed by atoms with van der Waals surface area (Å²) in [5, 5.41) is 2.79. The molecule has 29 heavy (non-hydrogen) atoms. The van der Waals surface area contributed by atoms with E-state index < -0.39 is 0 Å². The molecule has 2 aromatic heterocycles. The van der Waals surface area contributed by atoms with Crippen LogP contribution in [0.3, 0.4) is 0 Å². The average molecular weight is 390 g/mol. The number of anilines is 1. The number of benzene rings is 1. The molecule has 1 aromatic carbocycles. The minimum absolute atomic E-state index is 0.192. The maximum atomic E-state index is 12.7. The lowest BCUT2D eigenvalue weighted by atomic mass is 10.1. The summed E-state index contributed by atoms with van der Waals surface area (Å²) >= 11 is 0. The van der Waals surface area contributed by atoms with Crippen molar-refractivity contribution in [2.75, 3.05) is 26.0 Å². The van der Waals surface area contributed by atoms with Crippen LogP contribution in [-0.2, 0) is 6.42 Å². The normalized spacial score (nSPS) is 10.3. The number of aromatic nitrogens is 2. The Labute approximate surface area is 169 Å². The second-order valence-corrected chi connectivity index (χ2v) is 6.48. The van der Waals surface area contributed by atoms with Gasteiger partial charge in [0, 0.05) is 50.1 Å². The van der Waals surface area contributed by atoms with E-state index in [-0.39, 0.29) is 11.8 Å². The molecule has 0 unspecified atom stereocenters. The molecule has 0 saturated heterocycles. The summed E-state index contributed by atoms with van der Waals surface area (Å²) in [7, 11) is 3.29. The predicted octanol–water partition coefficient (Wildman–Crippen LogP) is 3.05. The first-order valence-corrected chi connectivity index (χ1v) is 9.11. The van der Waals surface area contributed by atoms with E-state index in [1.54, 1.807) is 61.8 Å². The number of carbonyl (C=O) groups is 2. The molecule has 7 nitrogen and oxygen atoms in total. The Balaban J connectivity index is 1.66. The lowest BCUT2D eigenvalue weighted by molar-refractivity contribution is 0.0796. The Morgan fingerprint density at radius 1 is 1.03 bits per heavy atom. The summed E-state index contributed by atoms with van der Waals surface area (Å²) in [5.41, 5.74) is 2.37. The maximum absolute atomic E-state index is 12.7. The van der Waals surface area contributed by atoms with Gasteiger partial charge < -0.3 is 15.0 Å². The van der Waals surface area contributed by atoms with E-state index in [0.29, 0.717) is 35.5 Å². The fourth-order valence-electron chi connectivity index (χ4n) is 2.75. The summed E-state index contributed by atoms with van der Waals surface area (Å²) < 4.78 is 5.16. The Kier molecular flexibility index (Phi) is 6.52. The highest BCUT2D eigenvalue weighted by atomic mass is 16.5. The summed E-state index contributed by atoms with van der Waals surface area (Å²) in [6, 6.07) is 12.4. The van der Waals surface area contributed by atoms with Crippen LogP contribution in [0.4, 0.5) is 5.69 Å². The molecule has 0 aliphatic carbocycles. The highest BCUT2D eigenvalue weighted by molar-refractivity contribution is 6.05. The third-order valence-electron chi connectivity index (χ3n) is 4.41. The van der Waals surface area contributed by atoms with Crippen LogP contribution in [0.2, 0.25) is 0 Å². The molecule has 148 valence electrons. The molecule has 0 atom stereocenters. The zero-order valence-corrected chi connectivity index (χ0v) is 16.3. The molecule has 2 amide bonds. The number of hydrogen-bond acceptors (Lipinski definition) is 5. The highest BCUT2D eigenvalue weighted by Crippen LogP contribution is 2.18. The molecule has 3 rings (SSSR count). The smallest absolute Gasteiger partial charge is 0.257 e. The lowest BCUT2D eigenvalue weighted by Crippen LogP contribution is -2.29. The number of nitrogens with one attached hydrogen (secondary N) is 1. The molecule has 0 fully saturated rings. The van der Waals surface area contributed by atoms with Gasteiger partial charge in [0.2, 0.25) is 0 Å². The van der Waals surface area contributed by atoms with E-state index in [9.17, 15) is 9.59 Å². The van der Waals surface area contributed by atoms with Gasteiger partial charge in [0.05, 0.1) is 18.2 Å². The van der Waals surface area contributed by atoms with Crippen LogP contribution in [0, 0.1) is 0 Å². The van der Waals surface area contributed by atoms with Crippen LogP contribution in [0.1, 0.15) is 26.3 Å². The quantitative estimate of drug-likeness (QED) is 0.670. The minimum Gasteiger partial charge on any atom is -0.497 e. The SMILES string of the molecule is COc1cccc(NC(=O)c2cncc(C(=O)N(C)CCc3ccncc3)c2)c1. The standard InChI is InChI=1S/C22H22N4O3/c1-26(11-8-16-6-9-23-10-7-16)22(28)18-12-17(14-24-15-18)21(27)25-19-4-3-5-20(13-19)29-2/h3-7,9-10,12-15H,8,11H2,1-2H3,(H,25,27). The van der Waals surface area contributed by atoms with Gasteiger partial charge in [-0.15, -0.1) is 0 Å². The summed E-state index contributed by atoms with van der Waals surface area (Å²) in [5.74, 6) is 0.100. The van der Waals surface area contributed by atoms with Crippen molar-refractivity contribution in [3.8, 4) is 5.75 Å². The van der Waals surface area contributed by atoms with Gasteiger partial charge in [0.1, 0.15) is 5.75 Å². The summed E-state index contributed by atoms with van der Waals surface area (Å²) in [4.78, 5) is 34.9. The topological polar surface area (TPSA) is 84.4 Å². The van der Waals surface area contributed by atoms with Crippen molar-refractivity contribution in [3.63, 3.8) is 0 Å². The van der Waals surface area contributed by atoms with E-state index in [1.165, 1.54) is 12.4 Å². The van der Waals surface area contributed by atoms with Gasteiger partial charge in [-0.3, -0.25) is 19.6 Å². The third-order valence-corrected chi connectivity index (χ3v) is 4.41. The van der Waals surface area contributed by atoms with E-state index in [0.717, 1.165) is 5.56 Å². The number of amides is 2. The first kappa shape index (κ1) is 20.0. The molecule has 3 aromatic rings. The number of rotatable bonds is 7. The van der Waals surface area contributed by atoms with Gasteiger partial charge in [-0.1, -0.05) is 6.07 Å². The van der Waals surface area contributed by atoms with Crippen molar-refractivity contribution in [1.82, 2.24) is 14.9 Å². The fourth-order valence-corrected chi connectivity index (χ4v) is 2.75. The molecule has 7 heteroatoms. The van der Waals surface area contributed by atoms with Gasteiger partial charge in [0.15, 0.2) is 0 Å². The number of likely N-dealkylation sites (N-methyl/N-ethyl adjacent to an activating group) is 1. The predicted molar refractivity (Wildman–Crippen MR) is 110 cm³/mol. The van der Waals surface area contributed by atoms with Crippen LogP contribution in [0.5, 0.6) is 5.75 Å². The molecular formula is C22H22N4O3. The van der Waals surface area contributed by atoms with E-state index in [2.05, 4.69) is 15.3 Å². The molecule has 0 bridgehead atoms. The zero-order valence-electron chi connectivity index (χ0n) is 16.3. The largest absolute Gasteiger partial charge is 0.497 e. The summed E-state index contributed by atoms with van der Waals surface area (Å²) in [6.07, 6.45) is 7.07. The van der Waals surface area contributed by atoms with Crippen molar-refractivity contribution in [2.45, 2.75) is 6.42 Å². The van der Waals surface area contributed by atoms with E-state index in [1.807, 2.05) is 12.1 Å². The molecule has 0 spiro atoms. The van der Waals surface area contributed by atoms with Gasteiger partial charge in [-0.05, 0) is 42.3 Å². The number of ether oxygens (including phenoxy) is 1. The van der Waals surface area contributed by atoms with Crippen molar-refractivity contribution in [3.05, 3.63) is 83.9 Å². The average Bonchev–Trinajstić information content (AvgIpc) is 2.77. The van der Waals surface area contributed by atoms with Gasteiger partial charge in [0.25, 0.3) is 11.8 Å². The van der Waals surface area contributed by atoms with Crippen molar-refractivity contribution in [2.24, 2.45) is 0 Å². The first-order chi connectivity index (χ1) is 14.1. The van der Waals surface area contributed by atoms with E-state index >= 15 is 0 Å². The molecule has 0 aliphatic heterocycles. The van der Waals surface area contributed by atoms with Crippen LogP contribution >= 0.6 is 0 Å². The van der Waals surface area contributed by atoms with Crippen molar-refractivity contribution in [1.29, 1.82) is 0 Å². The van der Waals surface area contributed by atoms with Crippen LogP contribution in [0.15, 0.2) is 67.3 Å². The Hall–Kier alpha value is -3.74. The Morgan fingerprint density at radius 3 is 2.55 bits per heavy atom. The molecular weight excluding hydrogens is 368 g/mol. The minimum atomic E-state index is -0.347. The Bertz CT molecular complexity index is 992. The molecule has 0 radical (unpaired) electrons. The second kappa shape index (κ2) is 9.45. The Morgan fingerprint density at radius 2 is 1.79 bits per heavy atom. The summed E-state index contributed by atoms with van der Waals surface area (Å²) in [6.45, 7) is 0.545. The third kappa shape index (κ3) is 5.38. The van der Waals surface area contributed by atoms with Crippen molar-refractivity contribution >= 4 is 17.5 Å². The highest BCUT2D eigenvalue weighted by Gasteiger charge is 2.15. The van der Waals surface area contributed by atoms with Gasteiger partial charge >= 0.3 is 0 Å². The zero-order chi connectivity index (χ0) is 20.6. The first-order valence-electron chi connectivity index (χ1n) is 9.11. The van der Waals surface area contributed by atoms with Crippen LogP contribution in [-0.4, -0.2) is 47.4 Å². The number of nitrogens with zero attached hydrogens (tertiary/aromatic N) is 3. The van der Waals surface area contributed by atoms with Crippen LogP contribution in [0.25, 0.3) is 0 Å². The fraction of sp³-hybridized carbons (Fsp3) is 0.182. The number of methoxy groups -OCH3 is 1. The monoisotopic (exact) mass is 390 g/mol. The van der Waals surface area contributed by atoms with Gasteiger partial charge in [-0.25, -0.2) is 0 Å². The number of pyridine rings is 2. The lowest BCUT2D eigenvalue weighted by Gasteiger charge is -2.17. The number of hydrogen-bond donors (Lipinski definition) is 1. The second-order valence-electron chi connectivity index (χ2n) is 6.48. The van der Waals surface area contributed by atoms with E-state index in [4.69, 9.17) is 4.74 Å². The molecule has 0 aliphatic rings. The van der Waals surface area contributed by atoms with Crippen molar-refractivity contribution < 1.29 is 14.3 Å². The molecule has 1 N–H and O–H groups in total. The maximum Gasteiger partial charge on any atom is 0.257 e. The van der Waals surface area contributed by atoms with Crippen LogP contribution < -0.4 is 10.1 Å². The van der Waals surface area contributed by atoms with Gasteiger partial charge in [-0.2, -0.15) is 0 Å².